The van der Waals surface area contributed by atoms with Crippen LogP contribution < -0.4 is 0 Å². The second-order valence-corrected chi connectivity index (χ2v) is 3.17. The Hall–Kier alpha value is -2.28. The highest BCUT2D eigenvalue weighted by molar-refractivity contribution is 5.64. The molecule has 0 unspecified atom stereocenters. The highest BCUT2D eigenvalue weighted by Crippen LogP contribution is 2.23. The topological polar surface area (TPSA) is 36.7 Å². The van der Waals surface area contributed by atoms with Crippen LogP contribution in [-0.4, -0.2) is 4.98 Å². The maximum absolute atomic E-state index is 13.4. The molecule has 0 saturated heterocycles. The molecule has 0 amide bonds. The molecule has 4 heteroatoms. The molecule has 0 saturated carbocycles. The summed E-state index contributed by atoms with van der Waals surface area (Å²) in [5.41, 5.74) is 0.726. The summed E-state index contributed by atoms with van der Waals surface area (Å²) < 4.78 is 26.4. The maximum Gasteiger partial charge on any atom is 0.141 e. The van der Waals surface area contributed by atoms with Gasteiger partial charge in [-0.05, 0) is 35.9 Å². The number of nitrogens with zero attached hydrogens (tertiary/aromatic N) is 2. The molecule has 0 radical (unpaired) electrons. The standard InChI is InChI=1S/C12H6F2N2/c13-9-1-2-12(14)11(6-9)8-3-4-16-10(5-8)7-15/h1-6H. The largest absolute Gasteiger partial charge is 0.246 e. The van der Waals surface area contributed by atoms with Crippen LogP contribution in [0.25, 0.3) is 11.1 Å². The number of hydrogen-bond donors (Lipinski definition) is 0. The SMILES string of the molecule is N#Cc1cc(-c2cc(F)ccc2F)ccn1. The molecule has 0 aliphatic rings. The van der Waals surface area contributed by atoms with Gasteiger partial charge in [-0.1, -0.05) is 0 Å². The van der Waals surface area contributed by atoms with Gasteiger partial charge in [-0.3, -0.25) is 0 Å². The predicted octanol–water partition coefficient (Wildman–Crippen LogP) is 2.90. The minimum absolute atomic E-state index is 0.124. The third kappa shape index (κ3) is 1.89. The summed E-state index contributed by atoms with van der Waals surface area (Å²) in [7, 11) is 0. The molecule has 78 valence electrons. The minimum atomic E-state index is -0.531. The van der Waals surface area contributed by atoms with Crippen molar-refractivity contribution < 1.29 is 8.78 Å². The molecule has 1 aromatic heterocycles. The Kier molecular flexibility index (Phi) is 2.61. The molecule has 1 heterocycles. The molecule has 2 aromatic rings. The zero-order valence-corrected chi connectivity index (χ0v) is 8.11. The summed E-state index contributed by atoms with van der Waals surface area (Å²) in [5, 5.41) is 8.65. The molecular formula is C12H6F2N2. The van der Waals surface area contributed by atoms with Gasteiger partial charge < -0.3 is 0 Å². The van der Waals surface area contributed by atoms with E-state index in [2.05, 4.69) is 4.98 Å². The zero-order valence-electron chi connectivity index (χ0n) is 8.11. The first-order valence-electron chi connectivity index (χ1n) is 4.52. The van der Waals surface area contributed by atoms with Crippen LogP contribution in [0.15, 0.2) is 36.5 Å². The van der Waals surface area contributed by atoms with E-state index < -0.39 is 11.6 Å². The van der Waals surface area contributed by atoms with Crippen LogP contribution in [0.3, 0.4) is 0 Å². The fourth-order valence-corrected chi connectivity index (χ4v) is 1.38. The Bertz CT molecular complexity index is 573. The molecule has 0 N–H and O–H groups in total. The summed E-state index contributed by atoms with van der Waals surface area (Å²) >= 11 is 0. The summed E-state index contributed by atoms with van der Waals surface area (Å²) in [6, 6.07) is 7.97. The van der Waals surface area contributed by atoms with E-state index in [1.807, 2.05) is 6.07 Å². The third-order valence-electron chi connectivity index (χ3n) is 2.11. The fraction of sp³-hybridized carbons (Fsp3) is 0. The molecule has 0 aliphatic carbocycles. The zero-order chi connectivity index (χ0) is 11.5. The summed E-state index contributed by atoms with van der Waals surface area (Å²) in [6.45, 7) is 0. The lowest BCUT2D eigenvalue weighted by Crippen LogP contribution is -1.88. The molecule has 0 aliphatic heterocycles. The van der Waals surface area contributed by atoms with Gasteiger partial charge in [-0.2, -0.15) is 5.26 Å². The first kappa shape index (κ1) is 10.2. The van der Waals surface area contributed by atoms with Crippen LogP contribution in [0.1, 0.15) is 5.69 Å². The van der Waals surface area contributed by atoms with E-state index >= 15 is 0 Å². The van der Waals surface area contributed by atoms with Crippen molar-refractivity contribution in [3.05, 3.63) is 53.9 Å². The quantitative estimate of drug-likeness (QED) is 0.734. The molecular weight excluding hydrogens is 210 g/mol. The number of pyridine rings is 1. The van der Waals surface area contributed by atoms with Gasteiger partial charge in [0.2, 0.25) is 0 Å². The molecule has 1 aromatic carbocycles. The molecule has 16 heavy (non-hydrogen) atoms. The van der Waals surface area contributed by atoms with Crippen molar-refractivity contribution in [1.29, 1.82) is 5.26 Å². The van der Waals surface area contributed by atoms with Gasteiger partial charge in [0.05, 0.1) is 0 Å². The number of rotatable bonds is 1. The predicted molar refractivity (Wildman–Crippen MR) is 54.3 cm³/mol. The number of nitriles is 1. The Morgan fingerprint density at radius 3 is 2.69 bits per heavy atom. The Balaban J connectivity index is 2.58. The van der Waals surface area contributed by atoms with Crippen molar-refractivity contribution in [1.82, 2.24) is 4.98 Å². The average Bonchev–Trinajstić information content (AvgIpc) is 2.32. The highest BCUT2D eigenvalue weighted by Gasteiger charge is 2.07. The third-order valence-corrected chi connectivity index (χ3v) is 2.11. The van der Waals surface area contributed by atoms with Gasteiger partial charge in [0.25, 0.3) is 0 Å². The highest BCUT2D eigenvalue weighted by atomic mass is 19.1. The van der Waals surface area contributed by atoms with Crippen LogP contribution in [-0.2, 0) is 0 Å². The number of aromatic nitrogens is 1. The van der Waals surface area contributed by atoms with Crippen molar-refractivity contribution in [3.8, 4) is 17.2 Å². The van der Waals surface area contributed by atoms with Crippen molar-refractivity contribution in [2.75, 3.05) is 0 Å². The van der Waals surface area contributed by atoms with Crippen molar-refractivity contribution in [2.24, 2.45) is 0 Å². The van der Waals surface area contributed by atoms with Gasteiger partial charge in [-0.25, -0.2) is 13.8 Å². The van der Waals surface area contributed by atoms with E-state index in [-0.39, 0.29) is 11.3 Å². The van der Waals surface area contributed by atoms with Gasteiger partial charge >= 0.3 is 0 Å². The minimum Gasteiger partial charge on any atom is -0.246 e. The molecule has 0 fully saturated rings. The maximum atomic E-state index is 13.4. The lowest BCUT2D eigenvalue weighted by Gasteiger charge is -2.03. The van der Waals surface area contributed by atoms with E-state index in [9.17, 15) is 8.78 Å². The summed E-state index contributed by atoms with van der Waals surface area (Å²) in [6.07, 6.45) is 1.39. The van der Waals surface area contributed by atoms with Crippen molar-refractivity contribution >= 4 is 0 Å². The van der Waals surface area contributed by atoms with E-state index in [0.717, 1.165) is 18.2 Å². The van der Waals surface area contributed by atoms with Crippen molar-refractivity contribution in [3.63, 3.8) is 0 Å². The molecule has 2 nitrogen and oxygen atoms in total. The van der Waals surface area contributed by atoms with Crippen LogP contribution in [0.2, 0.25) is 0 Å². The Morgan fingerprint density at radius 2 is 1.94 bits per heavy atom. The lowest BCUT2D eigenvalue weighted by molar-refractivity contribution is 0.603. The Morgan fingerprint density at radius 1 is 1.12 bits per heavy atom. The van der Waals surface area contributed by atoms with E-state index in [1.165, 1.54) is 18.3 Å². The second-order valence-electron chi connectivity index (χ2n) is 3.17. The first-order chi connectivity index (χ1) is 7.70. The van der Waals surface area contributed by atoms with Crippen LogP contribution in [0.4, 0.5) is 8.78 Å². The number of halogens is 2. The second kappa shape index (κ2) is 4.07. The Labute approximate surface area is 90.8 Å². The lowest BCUT2D eigenvalue weighted by atomic mass is 10.1. The van der Waals surface area contributed by atoms with Gasteiger partial charge in [0.1, 0.15) is 23.4 Å². The molecule has 0 spiro atoms. The average molecular weight is 216 g/mol. The van der Waals surface area contributed by atoms with Crippen LogP contribution >= 0.6 is 0 Å². The fourth-order valence-electron chi connectivity index (χ4n) is 1.38. The van der Waals surface area contributed by atoms with Crippen LogP contribution in [0, 0.1) is 23.0 Å². The summed E-state index contributed by atoms with van der Waals surface area (Å²) in [4.78, 5) is 3.76. The monoisotopic (exact) mass is 216 g/mol. The van der Waals surface area contributed by atoms with Crippen molar-refractivity contribution in [2.45, 2.75) is 0 Å². The van der Waals surface area contributed by atoms with Gasteiger partial charge in [0, 0.05) is 11.8 Å². The smallest absolute Gasteiger partial charge is 0.141 e. The van der Waals surface area contributed by atoms with E-state index in [4.69, 9.17) is 5.26 Å². The number of benzene rings is 1. The first-order valence-corrected chi connectivity index (χ1v) is 4.52. The van der Waals surface area contributed by atoms with E-state index in [1.54, 1.807) is 0 Å². The van der Waals surface area contributed by atoms with Gasteiger partial charge in [0.15, 0.2) is 0 Å². The normalized spacial score (nSPS) is 9.81. The van der Waals surface area contributed by atoms with E-state index in [0.29, 0.717) is 5.56 Å². The van der Waals surface area contributed by atoms with Gasteiger partial charge in [-0.15, -0.1) is 0 Å². The molecule has 0 atom stereocenters. The summed E-state index contributed by atoms with van der Waals surface area (Å²) in [5.74, 6) is -1.05. The molecule has 2 rings (SSSR count). The number of hydrogen-bond acceptors (Lipinski definition) is 2. The molecule has 0 bridgehead atoms. The van der Waals surface area contributed by atoms with Crippen LogP contribution in [0.5, 0.6) is 0 Å².